The first-order valence-corrected chi connectivity index (χ1v) is 6.69. The van der Waals surface area contributed by atoms with Gasteiger partial charge in [-0.3, -0.25) is 4.79 Å². The number of carbonyl (C=O) groups excluding carboxylic acids is 1. The van der Waals surface area contributed by atoms with Crippen LogP contribution in [0.15, 0.2) is 24.3 Å². The Bertz CT molecular complexity index is 416. The van der Waals surface area contributed by atoms with Crippen LogP contribution in [0.1, 0.15) is 52.7 Å². The Labute approximate surface area is 112 Å². The Morgan fingerprint density at radius 2 is 1.56 bits per heavy atom. The summed E-state index contributed by atoms with van der Waals surface area (Å²) in [4.78, 5) is 12.0. The van der Waals surface area contributed by atoms with Gasteiger partial charge in [0.05, 0.1) is 0 Å². The molecule has 1 aromatic carbocycles. The molecule has 0 radical (unpaired) electrons. The van der Waals surface area contributed by atoms with Crippen molar-refractivity contribution in [2.45, 2.75) is 54.4 Å². The second kappa shape index (κ2) is 5.26. The van der Waals surface area contributed by atoms with E-state index >= 15 is 0 Å². The van der Waals surface area contributed by atoms with Gasteiger partial charge in [-0.1, -0.05) is 65.8 Å². The molecular weight excluding hydrogens is 220 g/mol. The van der Waals surface area contributed by atoms with Crippen molar-refractivity contribution in [3.05, 3.63) is 35.4 Å². The number of carbonyl (C=O) groups is 1. The van der Waals surface area contributed by atoms with Crippen LogP contribution in [0.3, 0.4) is 0 Å². The average molecular weight is 246 g/mol. The molecule has 0 aliphatic rings. The average Bonchev–Trinajstić information content (AvgIpc) is 2.13. The van der Waals surface area contributed by atoms with Crippen molar-refractivity contribution in [3.63, 3.8) is 0 Å². The maximum atomic E-state index is 12.0. The van der Waals surface area contributed by atoms with Gasteiger partial charge in [0.15, 0.2) is 0 Å². The van der Waals surface area contributed by atoms with Gasteiger partial charge in [0.1, 0.15) is 5.78 Å². The van der Waals surface area contributed by atoms with E-state index in [9.17, 15) is 4.79 Å². The predicted molar refractivity (Wildman–Crippen MR) is 77.8 cm³/mol. The fourth-order valence-electron chi connectivity index (χ4n) is 1.91. The summed E-state index contributed by atoms with van der Waals surface area (Å²) in [7, 11) is 0. The molecule has 1 nitrogen and oxygen atoms in total. The highest BCUT2D eigenvalue weighted by atomic mass is 16.1. The molecule has 0 saturated carbocycles. The van der Waals surface area contributed by atoms with Crippen molar-refractivity contribution in [3.8, 4) is 0 Å². The third-order valence-electron chi connectivity index (χ3n) is 2.93. The molecule has 1 rings (SSSR count). The molecule has 0 atom stereocenters. The summed E-state index contributed by atoms with van der Waals surface area (Å²) in [5.41, 5.74) is 2.49. The summed E-state index contributed by atoms with van der Waals surface area (Å²) in [5, 5.41) is 0. The van der Waals surface area contributed by atoms with Crippen LogP contribution in [-0.4, -0.2) is 5.78 Å². The largest absolute Gasteiger partial charge is 0.299 e. The van der Waals surface area contributed by atoms with E-state index in [-0.39, 0.29) is 10.8 Å². The van der Waals surface area contributed by atoms with Gasteiger partial charge in [0, 0.05) is 11.8 Å². The lowest BCUT2D eigenvalue weighted by Crippen LogP contribution is -2.22. The van der Waals surface area contributed by atoms with E-state index in [4.69, 9.17) is 0 Å². The van der Waals surface area contributed by atoms with Crippen molar-refractivity contribution in [2.24, 2.45) is 10.8 Å². The Morgan fingerprint density at radius 3 is 2.06 bits per heavy atom. The van der Waals surface area contributed by atoms with Crippen molar-refractivity contribution >= 4 is 5.78 Å². The zero-order chi connectivity index (χ0) is 14.0. The highest BCUT2D eigenvalue weighted by Gasteiger charge is 2.21. The van der Waals surface area contributed by atoms with Crippen LogP contribution >= 0.6 is 0 Å². The first kappa shape index (κ1) is 14.9. The van der Waals surface area contributed by atoms with Gasteiger partial charge in [0.2, 0.25) is 0 Å². The number of benzene rings is 1. The minimum atomic E-state index is -0.250. The highest BCUT2D eigenvalue weighted by molar-refractivity contribution is 5.85. The molecule has 0 unspecified atom stereocenters. The molecule has 0 heterocycles. The van der Waals surface area contributed by atoms with E-state index in [0.29, 0.717) is 12.2 Å². The third-order valence-corrected chi connectivity index (χ3v) is 2.93. The first-order chi connectivity index (χ1) is 8.08. The summed E-state index contributed by atoms with van der Waals surface area (Å²) in [6.45, 7) is 12.6. The van der Waals surface area contributed by atoms with Crippen molar-refractivity contribution in [1.29, 1.82) is 0 Å². The SMILES string of the molecule is CC(C)(C)Cc1cccc(CC(=O)C(C)(C)C)c1. The molecule has 0 N–H and O–H groups in total. The summed E-state index contributed by atoms with van der Waals surface area (Å²) >= 11 is 0. The fourth-order valence-corrected chi connectivity index (χ4v) is 1.91. The lowest BCUT2D eigenvalue weighted by molar-refractivity contribution is -0.125. The molecule has 0 bridgehead atoms. The topological polar surface area (TPSA) is 17.1 Å². The summed E-state index contributed by atoms with van der Waals surface area (Å²) in [6.07, 6.45) is 1.59. The van der Waals surface area contributed by atoms with Crippen LogP contribution in [0.25, 0.3) is 0 Å². The van der Waals surface area contributed by atoms with E-state index < -0.39 is 0 Å². The molecule has 0 saturated heterocycles. The van der Waals surface area contributed by atoms with Gasteiger partial charge < -0.3 is 0 Å². The quantitative estimate of drug-likeness (QED) is 0.771. The molecule has 18 heavy (non-hydrogen) atoms. The minimum absolute atomic E-state index is 0.250. The first-order valence-electron chi connectivity index (χ1n) is 6.69. The van der Waals surface area contributed by atoms with Crippen LogP contribution in [0.5, 0.6) is 0 Å². The Kier molecular flexibility index (Phi) is 4.37. The molecule has 1 aromatic rings. The van der Waals surface area contributed by atoms with Crippen molar-refractivity contribution in [2.75, 3.05) is 0 Å². The molecular formula is C17H26O. The second-order valence-corrected chi connectivity index (χ2v) is 7.41. The number of Topliss-reactive ketones (excluding diaryl/α,β-unsaturated/α-hetero) is 1. The smallest absolute Gasteiger partial charge is 0.142 e. The van der Waals surface area contributed by atoms with E-state index in [1.807, 2.05) is 20.8 Å². The second-order valence-electron chi connectivity index (χ2n) is 7.41. The van der Waals surface area contributed by atoms with Gasteiger partial charge in [-0.15, -0.1) is 0 Å². The van der Waals surface area contributed by atoms with Gasteiger partial charge >= 0.3 is 0 Å². The predicted octanol–water partition coefficient (Wildman–Crippen LogP) is 4.43. The third kappa shape index (κ3) is 5.03. The lowest BCUT2D eigenvalue weighted by atomic mass is 9.85. The number of rotatable bonds is 3. The molecule has 0 amide bonds. The van der Waals surface area contributed by atoms with E-state index in [0.717, 1.165) is 12.0 Å². The summed E-state index contributed by atoms with van der Waals surface area (Å²) in [6, 6.07) is 8.44. The summed E-state index contributed by atoms with van der Waals surface area (Å²) < 4.78 is 0. The van der Waals surface area contributed by atoms with Crippen molar-refractivity contribution < 1.29 is 4.79 Å². The fraction of sp³-hybridized carbons (Fsp3) is 0.588. The van der Waals surface area contributed by atoms with Crippen LogP contribution < -0.4 is 0 Å². The van der Waals surface area contributed by atoms with Gasteiger partial charge in [-0.2, -0.15) is 0 Å². The van der Waals surface area contributed by atoms with E-state index in [2.05, 4.69) is 45.0 Å². The molecule has 1 heteroatoms. The normalized spacial score (nSPS) is 12.6. The zero-order valence-corrected chi connectivity index (χ0v) is 12.6. The maximum absolute atomic E-state index is 12.0. The summed E-state index contributed by atoms with van der Waals surface area (Å²) in [5.74, 6) is 0.301. The Morgan fingerprint density at radius 1 is 1.00 bits per heavy atom. The Hall–Kier alpha value is -1.11. The Balaban J connectivity index is 2.80. The molecule has 0 aromatic heterocycles. The van der Waals surface area contributed by atoms with Gasteiger partial charge in [-0.25, -0.2) is 0 Å². The molecule has 0 spiro atoms. The van der Waals surface area contributed by atoms with Crippen LogP contribution in [0.4, 0.5) is 0 Å². The maximum Gasteiger partial charge on any atom is 0.142 e. The number of ketones is 1. The highest BCUT2D eigenvalue weighted by Crippen LogP contribution is 2.22. The molecule has 0 aliphatic heterocycles. The zero-order valence-electron chi connectivity index (χ0n) is 12.6. The monoisotopic (exact) mass is 246 g/mol. The number of hydrogen-bond donors (Lipinski definition) is 0. The number of hydrogen-bond acceptors (Lipinski definition) is 1. The van der Waals surface area contributed by atoms with Gasteiger partial charge in [-0.05, 0) is 23.0 Å². The molecule has 0 fully saturated rings. The van der Waals surface area contributed by atoms with Crippen molar-refractivity contribution in [1.82, 2.24) is 0 Å². The van der Waals surface area contributed by atoms with Crippen LogP contribution in [0, 0.1) is 10.8 Å². The van der Waals surface area contributed by atoms with Gasteiger partial charge in [0.25, 0.3) is 0 Å². The van der Waals surface area contributed by atoms with Crippen LogP contribution in [-0.2, 0) is 17.6 Å². The van der Waals surface area contributed by atoms with E-state index in [1.54, 1.807) is 0 Å². The molecule has 0 aliphatic carbocycles. The lowest BCUT2D eigenvalue weighted by Gasteiger charge is -2.19. The van der Waals surface area contributed by atoms with Crippen LogP contribution in [0.2, 0.25) is 0 Å². The van der Waals surface area contributed by atoms with E-state index in [1.165, 1.54) is 5.56 Å². The standard InChI is InChI=1S/C17H26O/c1-16(2,3)12-14-9-7-8-13(10-14)11-15(18)17(4,5)6/h7-10H,11-12H2,1-6H3. The molecule has 100 valence electrons. The minimum Gasteiger partial charge on any atom is -0.299 e.